The second-order valence-corrected chi connectivity index (χ2v) is 5.41. The quantitative estimate of drug-likeness (QED) is 0.917. The lowest BCUT2D eigenvalue weighted by Crippen LogP contribution is -2.44. The maximum absolute atomic E-state index is 13.0. The van der Waals surface area contributed by atoms with Gasteiger partial charge in [-0.05, 0) is 37.0 Å². The van der Waals surface area contributed by atoms with Gasteiger partial charge in [0.15, 0.2) is 0 Å². The van der Waals surface area contributed by atoms with E-state index in [1.807, 2.05) is 4.90 Å². The summed E-state index contributed by atoms with van der Waals surface area (Å²) >= 11 is 0. The minimum absolute atomic E-state index is 0.0910. The minimum atomic E-state index is -0.264. The molecule has 1 heterocycles. The molecule has 1 saturated carbocycles. The molecule has 108 valence electrons. The highest BCUT2D eigenvalue weighted by molar-refractivity contribution is 5.81. The number of nitrogens with zero attached hydrogens (tertiary/aromatic N) is 1. The molecule has 1 aliphatic carbocycles. The summed E-state index contributed by atoms with van der Waals surface area (Å²) in [5, 5.41) is 3.21. The minimum Gasteiger partial charge on any atom is -0.379 e. The highest BCUT2D eigenvalue weighted by Gasteiger charge is 2.42. The van der Waals surface area contributed by atoms with Crippen molar-refractivity contribution in [3.05, 3.63) is 35.6 Å². The summed E-state index contributed by atoms with van der Waals surface area (Å²) < 4.78 is 18.6. The molecule has 0 radical (unpaired) electrons. The molecule has 1 saturated heterocycles. The Morgan fingerprint density at radius 3 is 2.75 bits per heavy atom. The summed E-state index contributed by atoms with van der Waals surface area (Å²) in [4.78, 5) is 14.1. The van der Waals surface area contributed by atoms with Crippen LogP contribution in [-0.4, -0.2) is 36.6 Å². The molecule has 4 nitrogen and oxygen atoms in total. The van der Waals surface area contributed by atoms with Crippen LogP contribution in [0.4, 0.5) is 4.39 Å². The lowest BCUT2D eigenvalue weighted by atomic mass is 10.1. The van der Waals surface area contributed by atoms with E-state index in [1.54, 1.807) is 19.2 Å². The molecule has 1 aliphatic heterocycles. The highest BCUT2D eigenvalue weighted by atomic mass is 19.1. The van der Waals surface area contributed by atoms with Crippen LogP contribution in [0.5, 0.6) is 0 Å². The fourth-order valence-corrected chi connectivity index (χ4v) is 3.32. The van der Waals surface area contributed by atoms with Crippen LogP contribution in [0.25, 0.3) is 0 Å². The van der Waals surface area contributed by atoms with Crippen molar-refractivity contribution >= 4 is 5.91 Å². The summed E-state index contributed by atoms with van der Waals surface area (Å²) in [5.74, 6) is -0.173. The van der Waals surface area contributed by atoms with E-state index in [9.17, 15) is 9.18 Å². The molecule has 0 spiro atoms. The van der Waals surface area contributed by atoms with Crippen molar-refractivity contribution in [1.29, 1.82) is 0 Å². The smallest absolute Gasteiger partial charge is 0.238 e. The number of hydrogen-bond acceptors (Lipinski definition) is 3. The van der Waals surface area contributed by atoms with E-state index in [4.69, 9.17) is 4.74 Å². The van der Waals surface area contributed by atoms with Gasteiger partial charge in [-0.2, -0.15) is 0 Å². The Hall–Kier alpha value is -1.46. The summed E-state index contributed by atoms with van der Waals surface area (Å²) in [6, 6.07) is 6.43. The summed E-state index contributed by atoms with van der Waals surface area (Å²) in [6.07, 6.45) is 2.94. The fourth-order valence-electron chi connectivity index (χ4n) is 3.32. The molecule has 20 heavy (non-hydrogen) atoms. The van der Waals surface area contributed by atoms with Crippen LogP contribution < -0.4 is 5.32 Å². The van der Waals surface area contributed by atoms with Gasteiger partial charge in [0.1, 0.15) is 12.0 Å². The largest absolute Gasteiger partial charge is 0.379 e. The first-order valence-electron chi connectivity index (χ1n) is 7.03. The molecule has 2 fully saturated rings. The zero-order chi connectivity index (χ0) is 14.1. The van der Waals surface area contributed by atoms with Gasteiger partial charge in [0, 0.05) is 7.11 Å². The van der Waals surface area contributed by atoms with Crippen LogP contribution in [0.2, 0.25) is 0 Å². The number of hydrogen-bond donors (Lipinski definition) is 1. The third-order valence-corrected chi connectivity index (χ3v) is 4.28. The van der Waals surface area contributed by atoms with E-state index in [0.717, 1.165) is 24.8 Å². The number of methoxy groups -OCH3 is 1. The molecule has 3 atom stereocenters. The van der Waals surface area contributed by atoms with Gasteiger partial charge < -0.3 is 9.64 Å². The number of carbonyl (C=O) groups is 1. The van der Waals surface area contributed by atoms with Gasteiger partial charge in [-0.3, -0.25) is 10.1 Å². The molecule has 2 aliphatic rings. The first-order valence-corrected chi connectivity index (χ1v) is 7.03. The fraction of sp³-hybridized carbons (Fsp3) is 0.533. The average molecular weight is 278 g/mol. The molecule has 3 unspecified atom stereocenters. The maximum Gasteiger partial charge on any atom is 0.238 e. The Bertz CT molecular complexity index is 491. The van der Waals surface area contributed by atoms with Crippen LogP contribution in [-0.2, 0) is 9.53 Å². The van der Waals surface area contributed by atoms with Crippen LogP contribution in [0, 0.1) is 5.82 Å². The van der Waals surface area contributed by atoms with Gasteiger partial charge in [0.2, 0.25) is 5.91 Å². The van der Waals surface area contributed by atoms with Crippen molar-refractivity contribution in [2.45, 2.75) is 37.6 Å². The number of ether oxygens (including phenoxy) is 1. The standard InChI is InChI=1S/C15H19FN2O2/c1-20-13-4-2-3-12(13)18-14(19)9-17-15(18)10-5-7-11(16)8-6-10/h5-8,12-13,15,17H,2-4,9H2,1H3. The summed E-state index contributed by atoms with van der Waals surface area (Å²) in [7, 11) is 1.70. The third kappa shape index (κ3) is 2.31. The zero-order valence-electron chi connectivity index (χ0n) is 11.5. The summed E-state index contributed by atoms with van der Waals surface area (Å²) in [5.41, 5.74) is 0.916. The third-order valence-electron chi connectivity index (χ3n) is 4.28. The van der Waals surface area contributed by atoms with Crippen molar-refractivity contribution in [1.82, 2.24) is 10.2 Å². The van der Waals surface area contributed by atoms with Gasteiger partial charge in [-0.1, -0.05) is 12.1 Å². The Morgan fingerprint density at radius 1 is 1.30 bits per heavy atom. The monoisotopic (exact) mass is 278 g/mol. The van der Waals surface area contributed by atoms with Crippen molar-refractivity contribution in [3.63, 3.8) is 0 Å². The van der Waals surface area contributed by atoms with Crippen LogP contribution in [0.1, 0.15) is 31.0 Å². The van der Waals surface area contributed by atoms with Gasteiger partial charge >= 0.3 is 0 Å². The number of rotatable bonds is 3. The molecule has 5 heteroatoms. The molecule has 3 rings (SSSR count). The number of carbonyl (C=O) groups excluding carboxylic acids is 1. The number of halogens is 1. The van der Waals surface area contributed by atoms with E-state index in [-0.39, 0.29) is 30.0 Å². The predicted octanol–water partition coefficient (Wildman–Crippen LogP) is 1.82. The molecule has 0 aromatic heterocycles. The average Bonchev–Trinajstić information content (AvgIpc) is 3.05. The maximum atomic E-state index is 13.0. The predicted molar refractivity (Wildman–Crippen MR) is 72.4 cm³/mol. The first-order chi connectivity index (χ1) is 9.70. The Labute approximate surface area is 117 Å². The molecule has 0 bridgehead atoms. The first kappa shape index (κ1) is 13.5. The number of amides is 1. The van der Waals surface area contributed by atoms with Crippen molar-refractivity contribution in [2.24, 2.45) is 0 Å². The summed E-state index contributed by atoms with van der Waals surface area (Å²) in [6.45, 7) is 0.328. The molecule has 1 N–H and O–H groups in total. The highest BCUT2D eigenvalue weighted by Crippen LogP contribution is 2.33. The van der Waals surface area contributed by atoms with E-state index >= 15 is 0 Å². The van der Waals surface area contributed by atoms with Crippen LogP contribution in [0.15, 0.2) is 24.3 Å². The van der Waals surface area contributed by atoms with Crippen LogP contribution in [0.3, 0.4) is 0 Å². The molecular weight excluding hydrogens is 259 g/mol. The normalized spacial score (nSPS) is 30.2. The SMILES string of the molecule is COC1CCCC1N1C(=O)CNC1c1ccc(F)cc1. The molecular formula is C15H19FN2O2. The second kappa shape index (κ2) is 5.50. The molecule has 1 aromatic rings. The Kier molecular flexibility index (Phi) is 3.72. The second-order valence-electron chi connectivity index (χ2n) is 5.41. The van der Waals surface area contributed by atoms with E-state index in [2.05, 4.69) is 5.32 Å². The Morgan fingerprint density at radius 2 is 2.05 bits per heavy atom. The number of nitrogens with one attached hydrogen (secondary N) is 1. The lowest BCUT2D eigenvalue weighted by molar-refractivity contribution is -0.132. The van der Waals surface area contributed by atoms with Gasteiger partial charge in [0.05, 0.1) is 18.7 Å². The van der Waals surface area contributed by atoms with Gasteiger partial charge in [0.25, 0.3) is 0 Å². The van der Waals surface area contributed by atoms with E-state index < -0.39 is 0 Å². The lowest BCUT2D eigenvalue weighted by Gasteiger charge is -2.33. The van der Waals surface area contributed by atoms with Crippen molar-refractivity contribution in [3.8, 4) is 0 Å². The van der Waals surface area contributed by atoms with Crippen LogP contribution >= 0.6 is 0 Å². The molecule has 1 amide bonds. The van der Waals surface area contributed by atoms with E-state index in [1.165, 1.54) is 12.1 Å². The zero-order valence-corrected chi connectivity index (χ0v) is 11.5. The van der Waals surface area contributed by atoms with Gasteiger partial charge in [-0.25, -0.2) is 4.39 Å². The Balaban J connectivity index is 1.86. The van der Waals surface area contributed by atoms with Gasteiger partial charge in [-0.15, -0.1) is 0 Å². The number of benzene rings is 1. The van der Waals surface area contributed by atoms with E-state index in [0.29, 0.717) is 6.54 Å². The van der Waals surface area contributed by atoms with Crippen molar-refractivity contribution < 1.29 is 13.9 Å². The molecule has 1 aromatic carbocycles. The topological polar surface area (TPSA) is 41.6 Å². The van der Waals surface area contributed by atoms with Crippen molar-refractivity contribution in [2.75, 3.05) is 13.7 Å².